The molecule has 0 radical (unpaired) electrons. The van der Waals surface area contributed by atoms with Crippen LogP contribution in [-0.2, 0) is 20.2 Å². The van der Waals surface area contributed by atoms with E-state index in [0.717, 1.165) is 11.1 Å². The maximum atomic E-state index is 10.5. The Labute approximate surface area is 184 Å². The van der Waals surface area contributed by atoms with Gasteiger partial charge in [-0.05, 0) is 35.4 Å². The maximum absolute atomic E-state index is 10.5. The molecule has 0 aliphatic rings. The first kappa shape index (κ1) is 24.2. The Morgan fingerprint density at radius 3 is 1.04 bits per heavy atom. The molecular weight excluding hydrogens is 440 g/mol. The zero-order chi connectivity index (χ0) is 18.4. The van der Waals surface area contributed by atoms with Crippen LogP contribution < -0.4 is 0 Å². The number of hydrogen-bond acceptors (Lipinski definition) is 6. The molecular formula is C16H14O6S2Sr. The third-order valence-electron chi connectivity index (χ3n) is 2.81. The van der Waals surface area contributed by atoms with Crippen molar-refractivity contribution in [2.24, 2.45) is 0 Å². The summed E-state index contributed by atoms with van der Waals surface area (Å²) in [5.74, 6) is 0. The Morgan fingerprint density at radius 2 is 0.880 bits per heavy atom. The fourth-order valence-electron chi connectivity index (χ4n) is 1.54. The van der Waals surface area contributed by atoms with Crippen molar-refractivity contribution in [3.05, 3.63) is 72.8 Å². The van der Waals surface area contributed by atoms with Gasteiger partial charge in [0.25, 0.3) is 0 Å². The van der Waals surface area contributed by atoms with E-state index >= 15 is 0 Å². The van der Waals surface area contributed by atoms with Crippen molar-refractivity contribution in [2.75, 3.05) is 0 Å². The van der Waals surface area contributed by atoms with Gasteiger partial charge in [0, 0.05) is 0 Å². The fraction of sp³-hybridized carbons (Fsp3) is 0. The molecule has 2 aromatic rings. The topological polar surface area (TPSA) is 114 Å². The van der Waals surface area contributed by atoms with E-state index in [-0.39, 0.29) is 55.3 Å². The van der Waals surface area contributed by atoms with E-state index in [9.17, 15) is 25.9 Å². The van der Waals surface area contributed by atoms with Crippen molar-refractivity contribution in [1.82, 2.24) is 0 Å². The van der Waals surface area contributed by atoms with Crippen molar-refractivity contribution >= 4 is 77.9 Å². The van der Waals surface area contributed by atoms with Gasteiger partial charge in [-0.3, -0.25) is 0 Å². The van der Waals surface area contributed by atoms with Gasteiger partial charge in [-0.2, -0.15) is 0 Å². The molecule has 0 heterocycles. The van der Waals surface area contributed by atoms with Crippen molar-refractivity contribution in [3.63, 3.8) is 0 Å². The van der Waals surface area contributed by atoms with Crippen LogP contribution in [0.2, 0.25) is 0 Å². The second kappa shape index (κ2) is 10.4. The molecule has 0 aromatic heterocycles. The minimum absolute atomic E-state index is 0. The summed E-state index contributed by atoms with van der Waals surface area (Å²) in [4.78, 5) is -0.429. The van der Waals surface area contributed by atoms with Crippen LogP contribution in [-0.4, -0.2) is 71.4 Å². The molecule has 2 aromatic carbocycles. The zero-order valence-corrected chi connectivity index (χ0v) is 18.3. The Balaban J connectivity index is 0.000000443. The van der Waals surface area contributed by atoms with Gasteiger partial charge >= 0.3 is 45.5 Å². The molecule has 0 unspecified atom stereocenters. The number of rotatable bonds is 4. The largest absolute Gasteiger partial charge is 2.00 e. The van der Waals surface area contributed by atoms with E-state index in [1.807, 2.05) is 0 Å². The average Bonchev–Trinajstić information content (AvgIpc) is 2.54. The summed E-state index contributed by atoms with van der Waals surface area (Å²) in [5, 5.41) is 0. The Morgan fingerprint density at radius 1 is 0.640 bits per heavy atom. The van der Waals surface area contributed by atoms with Crippen LogP contribution in [0.1, 0.15) is 11.1 Å². The molecule has 25 heavy (non-hydrogen) atoms. The van der Waals surface area contributed by atoms with E-state index in [4.69, 9.17) is 0 Å². The summed E-state index contributed by atoms with van der Waals surface area (Å²) in [6, 6.07) is 11.2. The first-order valence-electron chi connectivity index (χ1n) is 6.44. The normalized spacial score (nSPS) is 10.6. The molecule has 0 saturated heterocycles. The maximum Gasteiger partial charge on any atom is 2.00 e. The first-order valence-corrected chi connectivity index (χ1v) is 9.26. The summed E-state index contributed by atoms with van der Waals surface area (Å²) >= 11 is 0. The van der Waals surface area contributed by atoms with Crippen LogP contribution in [0, 0.1) is 0 Å². The van der Waals surface area contributed by atoms with Crippen LogP contribution >= 0.6 is 0 Å². The minimum atomic E-state index is -4.31. The van der Waals surface area contributed by atoms with Gasteiger partial charge in [0.2, 0.25) is 0 Å². The van der Waals surface area contributed by atoms with E-state index in [2.05, 4.69) is 13.2 Å². The molecule has 0 amide bonds. The van der Waals surface area contributed by atoms with Crippen LogP contribution in [0.15, 0.2) is 71.5 Å². The van der Waals surface area contributed by atoms with Gasteiger partial charge in [0.05, 0.1) is 9.79 Å². The van der Waals surface area contributed by atoms with E-state index in [0.29, 0.717) is 0 Å². The third kappa shape index (κ3) is 8.43. The Bertz CT molecular complexity index is 836. The monoisotopic (exact) mass is 454 g/mol. The van der Waals surface area contributed by atoms with Gasteiger partial charge in [0.15, 0.2) is 0 Å². The Hall–Kier alpha value is -0.779. The molecule has 9 heteroatoms. The van der Waals surface area contributed by atoms with E-state index in [1.54, 1.807) is 12.2 Å². The fourth-order valence-corrected chi connectivity index (χ4v) is 2.48. The van der Waals surface area contributed by atoms with Crippen molar-refractivity contribution in [3.8, 4) is 0 Å². The summed E-state index contributed by atoms with van der Waals surface area (Å²) < 4.78 is 62.7. The molecule has 0 aliphatic heterocycles. The molecule has 2 rings (SSSR count). The molecule has 0 saturated carbocycles. The number of hydrogen-bond donors (Lipinski definition) is 0. The van der Waals surface area contributed by atoms with Gasteiger partial charge < -0.3 is 9.11 Å². The van der Waals surface area contributed by atoms with E-state index < -0.39 is 20.2 Å². The predicted molar refractivity (Wildman–Crippen MR) is 94.7 cm³/mol. The van der Waals surface area contributed by atoms with E-state index in [1.165, 1.54) is 48.5 Å². The summed E-state index contributed by atoms with van der Waals surface area (Å²) in [6.07, 6.45) is 3.14. The summed E-state index contributed by atoms with van der Waals surface area (Å²) in [5.41, 5.74) is 1.56. The molecule has 0 aliphatic carbocycles. The number of benzene rings is 2. The second-order valence-corrected chi connectivity index (χ2v) is 7.21. The van der Waals surface area contributed by atoms with Gasteiger partial charge in [-0.1, -0.05) is 49.6 Å². The average molecular weight is 454 g/mol. The quantitative estimate of drug-likeness (QED) is 0.517. The molecule has 0 fully saturated rings. The predicted octanol–water partition coefficient (Wildman–Crippen LogP) is 2.09. The zero-order valence-electron chi connectivity index (χ0n) is 13.2. The van der Waals surface area contributed by atoms with Crippen LogP contribution in [0.3, 0.4) is 0 Å². The molecule has 0 N–H and O–H groups in total. The minimum Gasteiger partial charge on any atom is -0.744 e. The van der Waals surface area contributed by atoms with Crippen molar-refractivity contribution in [2.45, 2.75) is 9.79 Å². The van der Waals surface area contributed by atoms with Gasteiger partial charge in [-0.15, -0.1) is 0 Å². The Kier molecular flexibility index (Phi) is 10.1. The molecule has 0 bridgehead atoms. The molecule has 0 atom stereocenters. The molecule has 6 nitrogen and oxygen atoms in total. The second-order valence-electron chi connectivity index (χ2n) is 4.45. The van der Waals surface area contributed by atoms with Crippen LogP contribution in [0.4, 0.5) is 0 Å². The van der Waals surface area contributed by atoms with Crippen molar-refractivity contribution in [1.29, 1.82) is 0 Å². The van der Waals surface area contributed by atoms with Gasteiger partial charge in [-0.25, -0.2) is 16.8 Å². The third-order valence-corrected chi connectivity index (χ3v) is 4.51. The summed E-state index contributed by atoms with van der Waals surface area (Å²) in [7, 11) is -8.62. The van der Waals surface area contributed by atoms with Crippen molar-refractivity contribution < 1.29 is 25.9 Å². The van der Waals surface area contributed by atoms with Crippen LogP contribution in [0.5, 0.6) is 0 Å². The van der Waals surface area contributed by atoms with Crippen LogP contribution in [0.25, 0.3) is 12.2 Å². The smallest absolute Gasteiger partial charge is 0.744 e. The standard InChI is InChI=1S/2C8H8O3S.Sr/c2*1-2-7-3-5-8(6-4-7)12(9,10)11;/h2*2-6H,1H2,(H,9,10,11);/q;;+2/p-2. The SMILES string of the molecule is C=Cc1ccc(S(=O)(=O)[O-])cc1.C=Cc1ccc(S(=O)(=O)[O-])cc1.[Sr+2]. The molecule has 0 spiro atoms. The molecule has 128 valence electrons. The first-order chi connectivity index (χ1) is 11.1. The van der Waals surface area contributed by atoms with Gasteiger partial charge in [0.1, 0.15) is 20.2 Å². The summed E-state index contributed by atoms with van der Waals surface area (Å²) in [6.45, 7) is 6.99.